The number of hydrogen-bond donors (Lipinski definition) is 0. The van der Waals surface area contributed by atoms with Crippen LogP contribution in [0.4, 0.5) is 0 Å². The maximum absolute atomic E-state index is 5.50. The lowest BCUT2D eigenvalue weighted by atomic mass is 10.0. The Hall–Kier alpha value is -2.06. The highest BCUT2D eigenvalue weighted by Crippen LogP contribution is 2.37. The van der Waals surface area contributed by atoms with Crippen LogP contribution in [0.2, 0.25) is 0 Å². The highest BCUT2D eigenvalue weighted by molar-refractivity contribution is 7.14. The number of hydrogen-bond acceptors (Lipinski definition) is 2. The van der Waals surface area contributed by atoms with E-state index < -0.39 is 0 Å². The van der Waals surface area contributed by atoms with Gasteiger partial charge in [-0.05, 0) is 41.6 Å². The molecule has 100 valence electrons. The van der Waals surface area contributed by atoms with Gasteiger partial charge in [0.1, 0.15) is 5.75 Å². The lowest BCUT2D eigenvalue weighted by Crippen LogP contribution is -1.90. The molecule has 1 aromatic heterocycles. The zero-order chi connectivity index (χ0) is 13.8. The fourth-order valence-electron chi connectivity index (χ4n) is 2.25. The molecule has 0 radical (unpaired) electrons. The molecule has 0 fully saturated rings. The third-order valence-electron chi connectivity index (χ3n) is 3.18. The van der Waals surface area contributed by atoms with Crippen molar-refractivity contribution in [3.8, 4) is 27.3 Å². The normalized spacial score (nSPS) is 10.4. The molecule has 1 heterocycles. The van der Waals surface area contributed by atoms with Gasteiger partial charge < -0.3 is 4.74 Å². The van der Waals surface area contributed by atoms with Crippen molar-refractivity contribution in [1.82, 2.24) is 0 Å². The van der Waals surface area contributed by atoms with Crippen molar-refractivity contribution in [2.75, 3.05) is 6.61 Å². The second-order valence-electron chi connectivity index (χ2n) is 4.49. The van der Waals surface area contributed by atoms with Gasteiger partial charge in [-0.25, -0.2) is 0 Å². The highest BCUT2D eigenvalue weighted by Gasteiger charge is 2.08. The topological polar surface area (TPSA) is 9.23 Å². The summed E-state index contributed by atoms with van der Waals surface area (Å²) in [6.07, 6.45) is 0. The minimum atomic E-state index is 0.701. The first-order chi connectivity index (χ1) is 9.88. The fraction of sp³-hybridized carbons (Fsp3) is 0.111. The summed E-state index contributed by atoms with van der Waals surface area (Å²) >= 11 is 1.78. The highest BCUT2D eigenvalue weighted by atomic mass is 32.1. The van der Waals surface area contributed by atoms with Crippen LogP contribution in [-0.2, 0) is 0 Å². The van der Waals surface area contributed by atoms with Gasteiger partial charge in [0.25, 0.3) is 0 Å². The minimum absolute atomic E-state index is 0.701. The summed E-state index contributed by atoms with van der Waals surface area (Å²) in [5.74, 6) is 0.924. The Kier molecular flexibility index (Phi) is 3.84. The van der Waals surface area contributed by atoms with Crippen LogP contribution in [0, 0.1) is 0 Å². The smallest absolute Gasteiger partial charge is 0.119 e. The van der Waals surface area contributed by atoms with Crippen molar-refractivity contribution < 1.29 is 4.74 Å². The van der Waals surface area contributed by atoms with Crippen molar-refractivity contribution in [3.63, 3.8) is 0 Å². The van der Waals surface area contributed by atoms with Crippen LogP contribution in [0.3, 0.4) is 0 Å². The molecule has 2 heteroatoms. The third kappa shape index (κ3) is 2.61. The van der Waals surface area contributed by atoms with Crippen molar-refractivity contribution in [2.45, 2.75) is 6.92 Å². The van der Waals surface area contributed by atoms with Gasteiger partial charge in [0.15, 0.2) is 0 Å². The summed E-state index contributed by atoms with van der Waals surface area (Å²) < 4.78 is 5.50. The predicted octanol–water partition coefficient (Wildman–Crippen LogP) is 5.48. The van der Waals surface area contributed by atoms with Gasteiger partial charge >= 0.3 is 0 Å². The molecule has 20 heavy (non-hydrogen) atoms. The number of thiophene rings is 1. The quantitative estimate of drug-likeness (QED) is 0.615. The summed E-state index contributed by atoms with van der Waals surface area (Å²) in [5.41, 5.74) is 3.78. The second-order valence-corrected chi connectivity index (χ2v) is 5.40. The average molecular weight is 280 g/mol. The molecule has 0 saturated heterocycles. The van der Waals surface area contributed by atoms with E-state index in [1.807, 2.05) is 25.1 Å². The molecular formula is C18H16OS. The van der Waals surface area contributed by atoms with Gasteiger partial charge in [-0.1, -0.05) is 42.5 Å². The monoisotopic (exact) mass is 280 g/mol. The molecule has 0 spiro atoms. The lowest BCUT2D eigenvalue weighted by Gasteiger charge is -2.06. The van der Waals surface area contributed by atoms with Crippen LogP contribution in [0.15, 0.2) is 66.0 Å². The van der Waals surface area contributed by atoms with Gasteiger partial charge in [0.2, 0.25) is 0 Å². The molecule has 0 amide bonds. The van der Waals surface area contributed by atoms with E-state index in [9.17, 15) is 0 Å². The maximum atomic E-state index is 5.50. The molecule has 0 unspecified atom stereocenters. The number of rotatable bonds is 4. The minimum Gasteiger partial charge on any atom is -0.494 e. The molecule has 0 saturated carbocycles. The predicted molar refractivity (Wildman–Crippen MR) is 86.4 cm³/mol. The van der Waals surface area contributed by atoms with Gasteiger partial charge in [-0.15, -0.1) is 11.3 Å². The summed E-state index contributed by atoms with van der Waals surface area (Å²) in [5, 5.41) is 2.15. The summed E-state index contributed by atoms with van der Waals surface area (Å²) in [7, 11) is 0. The van der Waals surface area contributed by atoms with Gasteiger partial charge in [0, 0.05) is 10.4 Å². The Morgan fingerprint density at radius 1 is 0.850 bits per heavy atom. The van der Waals surface area contributed by atoms with E-state index >= 15 is 0 Å². The van der Waals surface area contributed by atoms with Gasteiger partial charge in [-0.2, -0.15) is 0 Å². The Labute approximate surface area is 123 Å². The summed E-state index contributed by atoms with van der Waals surface area (Å²) in [4.78, 5) is 1.31. The number of ether oxygens (including phenoxy) is 1. The summed E-state index contributed by atoms with van der Waals surface area (Å²) in [6.45, 7) is 2.70. The second kappa shape index (κ2) is 5.93. The van der Waals surface area contributed by atoms with Crippen LogP contribution in [-0.4, -0.2) is 6.61 Å². The van der Waals surface area contributed by atoms with Crippen molar-refractivity contribution >= 4 is 11.3 Å². The molecule has 0 aliphatic carbocycles. The Morgan fingerprint density at radius 3 is 2.30 bits per heavy atom. The average Bonchev–Trinajstić information content (AvgIpc) is 2.99. The standard InChI is InChI=1S/C18H16OS/c1-2-19-16-10-8-14(9-11-16)17-12-13-20-18(17)15-6-4-3-5-7-15/h3-13H,2H2,1H3. The summed E-state index contributed by atoms with van der Waals surface area (Å²) in [6, 6.07) is 21.0. The van der Waals surface area contributed by atoms with E-state index in [0.717, 1.165) is 5.75 Å². The van der Waals surface area contributed by atoms with Crippen LogP contribution in [0.1, 0.15) is 6.92 Å². The Bertz CT molecular complexity index is 668. The SMILES string of the molecule is CCOc1ccc(-c2ccsc2-c2ccccc2)cc1. The molecule has 0 N–H and O–H groups in total. The van der Waals surface area contributed by atoms with E-state index in [0.29, 0.717) is 6.61 Å². The zero-order valence-corrected chi connectivity index (χ0v) is 12.2. The molecule has 0 bridgehead atoms. The third-order valence-corrected chi connectivity index (χ3v) is 4.14. The van der Waals surface area contributed by atoms with E-state index in [4.69, 9.17) is 4.74 Å². The van der Waals surface area contributed by atoms with E-state index in [-0.39, 0.29) is 0 Å². The largest absolute Gasteiger partial charge is 0.494 e. The van der Waals surface area contributed by atoms with Crippen LogP contribution in [0.5, 0.6) is 5.75 Å². The van der Waals surface area contributed by atoms with Crippen molar-refractivity contribution in [1.29, 1.82) is 0 Å². The molecule has 0 aliphatic heterocycles. The van der Waals surface area contributed by atoms with E-state index in [1.54, 1.807) is 11.3 Å². The number of benzene rings is 2. The van der Waals surface area contributed by atoms with E-state index in [1.165, 1.54) is 21.6 Å². The van der Waals surface area contributed by atoms with Gasteiger partial charge in [-0.3, -0.25) is 0 Å². The van der Waals surface area contributed by atoms with Crippen LogP contribution >= 0.6 is 11.3 Å². The molecule has 1 nitrogen and oxygen atoms in total. The molecule has 0 aliphatic rings. The Morgan fingerprint density at radius 2 is 1.60 bits per heavy atom. The molecule has 3 aromatic rings. The fourth-order valence-corrected chi connectivity index (χ4v) is 3.17. The Balaban J connectivity index is 1.97. The van der Waals surface area contributed by atoms with Crippen molar-refractivity contribution in [2.24, 2.45) is 0 Å². The van der Waals surface area contributed by atoms with Gasteiger partial charge in [0.05, 0.1) is 6.61 Å². The van der Waals surface area contributed by atoms with Crippen molar-refractivity contribution in [3.05, 3.63) is 66.0 Å². The maximum Gasteiger partial charge on any atom is 0.119 e. The first-order valence-electron chi connectivity index (χ1n) is 6.74. The molecule has 3 rings (SSSR count). The molecule has 0 atom stereocenters. The molecule has 2 aromatic carbocycles. The first kappa shape index (κ1) is 12.9. The van der Waals surface area contributed by atoms with E-state index in [2.05, 4.69) is 47.8 Å². The zero-order valence-electron chi connectivity index (χ0n) is 11.4. The molecular weight excluding hydrogens is 264 g/mol. The first-order valence-corrected chi connectivity index (χ1v) is 7.62. The lowest BCUT2D eigenvalue weighted by molar-refractivity contribution is 0.340. The van der Waals surface area contributed by atoms with Crippen LogP contribution < -0.4 is 4.74 Å². The van der Waals surface area contributed by atoms with Crippen LogP contribution in [0.25, 0.3) is 21.6 Å².